The summed E-state index contributed by atoms with van der Waals surface area (Å²) in [7, 11) is 0. The van der Waals surface area contributed by atoms with E-state index in [0.717, 1.165) is 42.8 Å². The van der Waals surface area contributed by atoms with Crippen molar-refractivity contribution >= 4 is 28.2 Å². The number of nitrogens with one attached hydrogen (secondary N) is 1. The molecule has 0 saturated carbocycles. The Hall–Kier alpha value is -3.08. The summed E-state index contributed by atoms with van der Waals surface area (Å²) >= 11 is 0. The van der Waals surface area contributed by atoms with E-state index in [1.54, 1.807) is 6.20 Å². The quantitative estimate of drug-likeness (QED) is 0.718. The number of para-hydroxylation sites is 1. The average Bonchev–Trinajstić information content (AvgIpc) is 2.76. The molecule has 1 aliphatic rings. The number of amides is 1. The molecule has 1 fully saturated rings. The van der Waals surface area contributed by atoms with Crippen molar-refractivity contribution in [2.45, 2.75) is 20.3 Å². The molecule has 4 rings (SSSR count). The van der Waals surface area contributed by atoms with Crippen LogP contribution in [0, 0.1) is 13.8 Å². The van der Waals surface area contributed by atoms with Gasteiger partial charge in [-0.1, -0.05) is 30.3 Å². The Bertz CT molecular complexity index is 1000. The molecular formula is C24H28N4O. The molecule has 2 heterocycles. The van der Waals surface area contributed by atoms with Gasteiger partial charge in [0.25, 0.3) is 0 Å². The van der Waals surface area contributed by atoms with Gasteiger partial charge in [0.2, 0.25) is 5.91 Å². The van der Waals surface area contributed by atoms with Crippen LogP contribution >= 0.6 is 0 Å². The maximum Gasteiger partial charge on any atom is 0.224 e. The van der Waals surface area contributed by atoms with E-state index >= 15 is 0 Å². The van der Waals surface area contributed by atoms with E-state index in [-0.39, 0.29) is 5.91 Å². The first-order valence-corrected chi connectivity index (χ1v) is 10.3. The minimum absolute atomic E-state index is 0.214. The molecule has 1 amide bonds. The number of piperazine rings is 1. The molecule has 1 aliphatic heterocycles. The minimum atomic E-state index is 0.214. The number of carbonyl (C=O) groups excluding carboxylic acids is 1. The molecule has 1 saturated heterocycles. The van der Waals surface area contributed by atoms with Gasteiger partial charge in [-0.05, 0) is 43.2 Å². The molecular weight excluding hydrogens is 360 g/mol. The van der Waals surface area contributed by atoms with Crippen LogP contribution in [0.25, 0.3) is 10.9 Å². The maximum atomic E-state index is 12.7. The molecule has 0 spiro atoms. The molecule has 0 unspecified atom stereocenters. The number of fused-ring (bicyclic) bond motifs is 1. The summed E-state index contributed by atoms with van der Waals surface area (Å²) in [6.45, 7) is 8.27. The van der Waals surface area contributed by atoms with Crippen molar-refractivity contribution in [3.8, 4) is 0 Å². The first-order chi connectivity index (χ1) is 14.1. The number of benzene rings is 2. The molecule has 0 bridgehead atoms. The second-order valence-electron chi connectivity index (χ2n) is 7.64. The van der Waals surface area contributed by atoms with Gasteiger partial charge in [-0.3, -0.25) is 9.78 Å². The highest BCUT2D eigenvalue weighted by atomic mass is 16.2. The number of rotatable bonds is 5. The molecule has 150 valence electrons. The van der Waals surface area contributed by atoms with E-state index in [0.29, 0.717) is 13.0 Å². The molecule has 2 aromatic carbocycles. The molecule has 1 aromatic heterocycles. The topological polar surface area (TPSA) is 48.5 Å². The zero-order chi connectivity index (χ0) is 20.2. The summed E-state index contributed by atoms with van der Waals surface area (Å²) in [6.07, 6.45) is 2.29. The maximum absolute atomic E-state index is 12.7. The number of hydrogen-bond acceptors (Lipinski definition) is 4. The monoisotopic (exact) mass is 388 g/mol. The average molecular weight is 389 g/mol. The fourth-order valence-corrected chi connectivity index (χ4v) is 3.98. The predicted molar refractivity (Wildman–Crippen MR) is 120 cm³/mol. The summed E-state index contributed by atoms with van der Waals surface area (Å²) in [4.78, 5) is 21.5. The number of carbonyl (C=O) groups is 1. The molecule has 5 heteroatoms. The van der Waals surface area contributed by atoms with Crippen LogP contribution in [0.5, 0.6) is 0 Å². The Morgan fingerprint density at radius 3 is 2.59 bits per heavy atom. The highest BCUT2D eigenvalue weighted by Crippen LogP contribution is 2.24. The Morgan fingerprint density at radius 2 is 1.76 bits per heavy atom. The second kappa shape index (κ2) is 8.52. The summed E-state index contributed by atoms with van der Waals surface area (Å²) < 4.78 is 0. The van der Waals surface area contributed by atoms with Crippen LogP contribution in [-0.2, 0) is 4.79 Å². The van der Waals surface area contributed by atoms with Gasteiger partial charge in [-0.15, -0.1) is 0 Å². The Balaban J connectivity index is 1.29. The third-order valence-electron chi connectivity index (χ3n) is 5.84. The smallest absolute Gasteiger partial charge is 0.224 e. The van der Waals surface area contributed by atoms with Crippen LogP contribution in [0.2, 0.25) is 0 Å². The number of aromatic nitrogens is 1. The minimum Gasteiger partial charge on any atom is -0.383 e. The zero-order valence-corrected chi connectivity index (χ0v) is 17.2. The van der Waals surface area contributed by atoms with E-state index in [2.05, 4.69) is 47.2 Å². The van der Waals surface area contributed by atoms with Gasteiger partial charge in [-0.25, -0.2) is 0 Å². The van der Waals surface area contributed by atoms with Gasteiger partial charge in [0.1, 0.15) is 0 Å². The molecule has 0 aliphatic carbocycles. The normalized spacial score (nSPS) is 14.3. The van der Waals surface area contributed by atoms with Crippen molar-refractivity contribution in [3.05, 3.63) is 65.9 Å². The largest absolute Gasteiger partial charge is 0.383 e. The third kappa shape index (κ3) is 4.19. The number of hydrogen-bond donors (Lipinski definition) is 1. The first-order valence-electron chi connectivity index (χ1n) is 10.3. The molecule has 1 N–H and O–H groups in total. The summed E-state index contributed by atoms with van der Waals surface area (Å²) in [5.74, 6) is 0.214. The lowest BCUT2D eigenvalue weighted by Gasteiger charge is -2.37. The molecule has 29 heavy (non-hydrogen) atoms. The summed E-state index contributed by atoms with van der Waals surface area (Å²) in [6, 6.07) is 16.5. The van der Waals surface area contributed by atoms with E-state index in [1.165, 1.54) is 16.8 Å². The van der Waals surface area contributed by atoms with Gasteiger partial charge in [0.05, 0.1) is 11.2 Å². The van der Waals surface area contributed by atoms with E-state index in [4.69, 9.17) is 0 Å². The third-order valence-corrected chi connectivity index (χ3v) is 5.84. The van der Waals surface area contributed by atoms with Crippen LogP contribution in [0.3, 0.4) is 0 Å². The van der Waals surface area contributed by atoms with Crippen molar-refractivity contribution in [2.75, 3.05) is 42.9 Å². The molecule has 5 nitrogen and oxygen atoms in total. The van der Waals surface area contributed by atoms with Crippen LogP contribution in [0.4, 0.5) is 11.4 Å². The second-order valence-corrected chi connectivity index (χ2v) is 7.64. The van der Waals surface area contributed by atoms with Gasteiger partial charge in [0.15, 0.2) is 0 Å². The van der Waals surface area contributed by atoms with Crippen molar-refractivity contribution < 1.29 is 4.79 Å². The molecule has 3 aromatic rings. The molecule has 0 atom stereocenters. The van der Waals surface area contributed by atoms with Crippen molar-refractivity contribution in [1.82, 2.24) is 9.88 Å². The van der Waals surface area contributed by atoms with Gasteiger partial charge in [0, 0.05) is 56.4 Å². The number of aryl methyl sites for hydroxylation is 1. The zero-order valence-electron chi connectivity index (χ0n) is 17.2. The van der Waals surface area contributed by atoms with E-state index < -0.39 is 0 Å². The Kier molecular flexibility index (Phi) is 5.65. The Labute approximate surface area is 172 Å². The number of nitrogens with zero attached hydrogens (tertiary/aromatic N) is 3. The van der Waals surface area contributed by atoms with Crippen LogP contribution in [0.15, 0.2) is 54.7 Å². The lowest BCUT2D eigenvalue weighted by Crippen LogP contribution is -2.49. The fraction of sp³-hybridized carbons (Fsp3) is 0.333. The highest BCUT2D eigenvalue weighted by Gasteiger charge is 2.22. The highest BCUT2D eigenvalue weighted by molar-refractivity contribution is 5.90. The van der Waals surface area contributed by atoms with Crippen LogP contribution in [0.1, 0.15) is 17.5 Å². The summed E-state index contributed by atoms with van der Waals surface area (Å²) in [5, 5.41) is 4.49. The van der Waals surface area contributed by atoms with E-state index in [9.17, 15) is 4.79 Å². The van der Waals surface area contributed by atoms with Gasteiger partial charge >= 0.3 is 0 Å². The lowest BCUT2D eigenvalue weighted by molar-refractivity contribution is -0.131. The fourth-order valence-electron chi connectivity index (χ4n) is 3.98. The van der Waals surface area contributed by atoms with Crippen molar-refractivity contribution in [2.24, 2.45) is 0 Å². The first kappa shape index (κ1) is 19.2. The van der Waals surface area contributed by atoms with Gasteiger partial charge < -0.3 is 15.1 Å². The predicted octanol–water partition coefficient (Wildman–Crippen LogP) is 4.00. The van der Waals surface area contributed by atoms with E-state index in [1.807, 2.05) is 35.2 Å². The van der Waals surface area contributed by atoms with Crippen LogP contribution < -0.4 is 10.2 Å². The van der Waals surface area contributed by atoms with Crippen molar-refractivity contribution in [1.29, 1.82) is 0 Å². The van der Waals surface area contributed by atoms with Crippen LogP contribution in [-0.4, -0.2) is 48.5 Å². The number of pyridine rings is 1. The lowest BCUT2D eigenvalue weighted by atomic mass is 10.1. The number of anilines is 2. The summed E-state index contributed by atoms with van der Waals surface area (Å²) in [5.41, 5.74) is 5.87. The van der Waals surface area contributed by atoms with Crippen molar-refractivity contribution in [3.63, 3.8) is 0 Å². The molecule has 0 radical (unpaired) electrons. The Morgan fingerprint density at radius 1 is 1.00 bits per heavy atom. The van der Waals surface area contributed by atoms with Gasteiger partial charge in [-0.2, -0.15) is 0 Å². The SMILES string of the molecule is Cc1cccc(N2CCN(C(=O)CCNc3cccc4cccnc34)CC2)c1C. The standard InChI is InChI=1S/C24H28N4O/c1-18-6-3-10-22(19(18)2)27-14-16-28(17-15-27)23(29)11-13-25-21-9-4-7-20-8-5-12-26-24(20)21/h3-10,12,25H,11,13-17H2,1-2H3.